The number of rotatable bonds is 5. The Bertz CT molecular complexity index is 1160. The lowest BCUT2D eigenvalue weighted by Crippen LogP contribution is -2.31. The molecule has 3 rings (SSSR count). The number of hydrogen-bond acceptors (Lipinski definition) is 5. The number of anilines is 1. The van der Waals surface area contributed by atoms with Crippen molar-refractivity contribution < 1.29 is 9.53 Å². The highest BCUT2D eigenvalue weighted by molar-refractivity contribution is 5.92. The van der Waals surface area contributed by atoms with Crippen molar-refractivity contribution in [3.05, 3.63) is 75.7 Å². The predicted octanol–water partition coefficient (Wildman–Crippen LogP) is 3.05. The van der Waals surface area contributed by atoms with Crippen LogP contribution in [0.15, 0.2) is 53.5 Å². The number of amides is 1. The number of carbonyl (C=O) groups excluding carboxylic acids is 1. The molecule has 1 N–H and O–H groups in total. The number of benzene rings is 2. The van der Waals surface area contributed by atoms with Crippen molar-refractivity contribution >= 4 is 11.6 Å². The maximum absolute atomic E-state index is 12.7. The van der Waals surface area contributed by atoms with E-state index < -0.39 is 11.5 Å². The number of aryl methyl sites for hydroxylation is 2. The Hall–Kier alpha value is -3.92. The molecule has 146 valence electrons. The SMILES string of the molecule is COc1ccc(C)cc1NC(=O)Cn1c(-c2ccc(C)cc2)ncc(C#N)c1=O. The molecule has 0 atom stereocenters. The van der Waals surface area contributed by atoms with Crippen LogP contribution in [0.1, 0.15) is 16.7 Å². The van der Waals surface area contributed by atoms with Gasteiger partial charge in [-0.05, 0) is 31.5 Å². The third kappa shape index (κ3) is 4.33. The number of methoxy groups -OCH3 is 1. The van der Waals surface area contributed by atoms with E-state index in [0.717, 1.165) is 11.1 Å². The minimum Gasteiger partial charge on any atom is -0.495 e. The van der Waals surface area contributed by atoms with Crippen molar-refractivity contribution in [1.82, 2.24) is 9.55 Å². The number of hydrogen-bond donors (Lipinski definition) is 1. The van der Waals surface area contributed by atoms with Crippen LogP contribution < -0.4 is 15.6 Å². The summed E-state index contributed by atoms with van der Waals surface area (Å²) in [4.78, 5) is 29.7. The molecule has 0 unspecified atom stereocenters. The summed E-state index contributed by atoms with van der Waals surface area (Å²) in [7, 11) is 1.51. The zero-order valence-corrected chi connectivity index (χ0v) is 16.4. The van der Waals surface area contributed by atoms with Crippen molar-refractivity contribution in [2.45, 2.75) is 20.4 Å². The van der Waals surface area contributed by atoms with Gasteiger partial charge in [-0.15, -0.1) is 0 Å². The Balaban J connectivity index is 1.98. The highest BCUT2D eigenvalue weighted by atomic mass is 16.5. The van der Waals surface area contributed by atoms with Crippen LogP contribution >= 0.6 is 0 Å². The Labute approximate surface area is 168 Å². The molecule has 1 amide bonds. The summed E-state index contributed by atoms with van der Waals surface area (Å²) >= 11 is 0. The number of nitrogens with zero attached hydrogens (tertiary/aromatic N) is 3. The van der Waals surface area contributed by atoms with Gasteiger partial charge in [0.1, 0.15) is 29.8 Å². The second-order valence-corrected chi connectivity index (χ2v) is 6.62. The van der Waals surface area contributed by atoms with Gasteiger partial charge in [-0.3, -0.25) is 14.2 Å². The van der Waals surface area contributed by atoms with Crippen molar-refractivity contribution in [1.29, 1.82) is 5.26 Å². The van der Waals surface area contributed by atoms with E-state index in [4.69, 9.17) is 4.74 Å². The molecule has 29 heavy (non-hydrogen) atoms. The first kappa shape index (κ1) is 19.8. The fourth-order valence-electron chi connectivity index (χ4n) is 2.90. The largest absolute Gasteiger partial charge is 0.495 e. The third-order valence-corrected chi connectivity index (χ3v) is 4.41. The van der Waals surface area contributed by atoms with Crippen molar-refractivity contribution in [2.24, 2.45) is 0 Å². The number of nitrogens with one attached hydrogen (secondary N) is 1. The predicted molar refractivity (Wildman–Crippen MR) is 110 cm³/mol. The van der Waals surface area contributed by atoms with Crippen molar-refractivity contribution in [3.63, 3.8) is 0 Å². The molecular weight excluding hydrogens is 368 g/mol. The molecule has 0 aliphatic rings. The van der Waals surface area contributed by atoms with E-state index in [9.17, 15) is 14.9 Å². The Morgan fingerprint density at radius 3 is 2.52 bits per heavy atom. The van der Waals surface area contributed by atoms with E-state index in [0.29, 0.717) is 22.8 Å². The van der Waals surface area contributed by atoms with Crippen LogP contribution in [0.3, 0.4) is 0 Å². The van der Waals surface area contributed by atoms with Gasteiger partial charge in [0.05, 0.1) is 19.0 Å². The standard InChI is InChI=1S/C22H20N4O3/c1-14-4-7-16(8-5-14)21-24-12-17(11-23)22(28)26(21)13-20(27)25-18-10-15(2)6-9-19(18)29-3/h4-10,12H,13H2,1-3H3,(H,25,27). The zero-order chi connectivity index (χ0) is 21.0. The van der Waals surface area contributed by atoms with Gasteiger partial charge < -0.3 is 10.1 Å². The van der Waals surface area contributed by atoms with Crippen LogP contribution in [-0.4, -0.2) is 22.6 Å². The van der Waals surface area contributed by atoms with Crippen LogP contribution in [0.2, 0.25) is 0 Å². The molecule has 0 spiro atoms. The molecule has 0 saturated heterocycles. The lowest BCUT2D eigenvalue weighted by Gasteiger charge is -2.14. The van der Waals surface area contributed by atoms with E-state index in [1.807, 2.05) is 50.2 Å². The fourth-order valence-corrected chi connectivity index (χ4v) is 2.90. The molecule has 7 nitrogen and oxygen atoms in total. The maximum atomic E-state index is 12.7. The van der Waals surface area contributed by atoms with Crippen molar-refractivity contribution in [2.75, 3.05) is 12.4 Å². The molecule has 3 aromatic rings. The molecule has 0 radical (unpaired) electrons. The molecule has 7 heteroatoms. The number of ether oxygens (including phenoxy) is 1. The van der Waals surface area contributed by atoms with Gasteiger partial charge in [0.15, 0.2) is 0 Å². The van der Waals surface area contributed by atoms with Crippen LogP contribution in [-0.2, 0) is 11.3 Å². The highest BCUT2D eigenvalue weighted by Crippen LogP contribution is 2.25. The van der Waals surface area contributed by atoms with E-state index in [1.54, 1.807) is 12.1 Å². The molecule has 1 aromatic heterocycles. The van der Waals surface area contributed by atoms with E-state index in [1.165, 1.54) is 17.9 Å². The minimum atomic E-state index is -0.565. The summed E-state index contributed by atoms with van der Waals surface area (Å²) in [6.45, 7) is 3.56. The van der Waals surface area contributed by atoms with Crippen molar-refractivity contribution in [3.8, 4) is 23.2 Å². The lowest BCUT2D eigenvalue weighted by molar-refractivity contribution is -0.116. The average Bonchev–Trinajstić information content (AvgIpc) is 2.70. The quantitative estimate of drug-likeness (QED) is 0.725. The highest BCUT2D eigenvalue weighted by Gasteiger charge is 2.16. The van der Waals surface area contributed by atoms with Gasteiger partial charge >= 0.3 is 0 Å². The first-order valence-electron chi connectivity index (χ1n) is 8.94. The van der Waals surface area contributed by atoms with E-state index >= 15 is 0 Å². The summed E-state index contributed by atoms with van der Waals surface area (Å²) in [5.41, 5.74) is 2.50. The summed E-state index contributed by atoms with van der Waals surface area (Å²) in [5, 5.41) is 12.0. The monoisotopic (exact) mass is 388 g/mol. The molecule has 2 aromatic carbocycles. The fraction of sp³-hybridized carbons (Fsp3) is 0.182. The van der Waals surface area contributed by atoms with Gasteiger partial charge in [0, 0.05) is 5.56 Å². The smallest absolute Gasteiger partial charge is 0.272 e. The number of carbonyl (C=O) groups is 1. The van der Waals surface area contributed by atoms with E-state index in [2.05, 4.69) is 10.3 Å². The first-order valence-corrected chi connectivity index (χ1v) is 8.94. The van der Waals surface area contributed by atoms with E-state index in [-0.39, 0.29) is 12.1 Å². The molecule has 0 aliphatic carbocycles. The Morgan fingerprint density at radius 1 is 1.17 bits per heavy atom. The van der Waals surface area contributed by atoms with Crippen LogP contribution in [0.4, 0.5) is 5.69 Å². The maximum Gasteiger partial charge on any atom is 0.272 e. The topological polar surface area (TPSA) is 97.0 Å². The molecule has 1 heterocycles. The van der Waals surface area contributed by atoms with Gasteiger partial charge in [0.25, 0.3) is 5.56 Å². The van der Waals surface area contributed by atoms with Gasteiger partial charge in [-0.2, -0.15) is 5.26 Å². The summed E-state index contributed by atoms with van der Waals surface area (Å²) < 4.78 is 6.49. The van der Waals surface area contributed by atoms with Gasteiger partial charge in [-0.1, -0.05) is 35.9 Å². The normalized spacial score (nSPS) is 10.3. The first-order chi connectivity index (χ1) is 13.9. The molecule has 0 bridgehead atoms. The second-order valence-electron chi connectivity index (χ2n) is 6.62. The minimum absolute atomic E-state index is 0.123. The van der Waals surface area contributed by atoms with Crippen LogP contribution in [0, 0.1) is 25.2 Å². The number of aromatic nitrogens is 2. The Kier molecular flexibility index (Phi) is 5.74. The van der Waals surface area contributed by atoms with Crippen LogP contribution in [0.25, 0.3) is 11.4 Å². The summed E-state index contributed by atoms with van der Waals surface area (Å²) in [5.74, 6) is 0.403. The molecular formula is C22H20N4O3. The Morgan fingerprint density at radius 2 is 1.86 bits per heavy atom. The number of nitriles is 1. The molecule has 0 saturated carbocycles. The molecule has 0 fully saturated rings. The second kappa shape index (κ2) is 8.40. The summed E-state index contributed by atoms with van der Waals surface area (Å²) in [6.07, 6.45) is 1.23. The summed E-state index contributed by atoms with van der Waals surface area (Å²) in [6, 6.07) is 14.7. The average molecular weight is 388 g/mol. The van der Waals surface area contributed by atoms with Gasteiger partial charge in [-0.25, -0.2) is 4.98 Å². The molecule has 0 aliphatic heterocycles. The van der Waals surface area contributed by atoms with Gasteiger partial charge in [0.2, 0.25) is 5.91 Å². The lowest BCUT2D eigenvalue weighted by atomic mass is 10.1. The zero-order valence-electron chi connectivity index (χ0n) is 16.4. The van der Waals surface area contributed by atoms with Crippen LogP contribution in [0.5, 0.6) is 5.75 Å². The third-order valence-electron chi connectivity index (χ3n) is 4.41.